The van der Waals surface area contributed by atoms with Gasteiger partial charge in [-0.15, -0.1) is 0 Å². The van der Waals surface area contributed by atoms with Crippen molar-refractivity contribution < 1.29 is 0 Å². The maximum absolute atomic E-state index is 3.67. The van der Waals surface area contributed by atoms with E-state index in [1.165, 1.54) is 50.8 Å². The van der Waals surface area contributed by atoms with E-state index in [2.05, 4.69) is 18.5 Å². The molecule has 1 aliphatic rings. The molecular formula is C12H25NS. The molecule has 1 rings (SSSR count). The van der Waals surface area contributed by atoms with E-state index in [1.807, 2.05) is 11.8 Å². The van der Waals surface area contributed by atoms with Crippen LogP contribution in [0.3, 0.4) is 0 Å². The third-order valence-electron chi connectivity index (χ3n) is 3.35. The summed E-state index contributed by atoms with van der Waals surface area (Å²) >= 11 is 1.95. The van der Waals surface area contributed by atoms with E-state index in [9.17, 15) is 0 Å². The Labute approximate surface area is 93.4 Å². The van der Waals surface area contributed by atoms with Crippen molar-refractivity contribution in [2.75, 3.05) is 18.6 Å². The summed E-state index contributed by atoms with van der Waals surface area (Å²) in [5.41, 5.74) is 0. The van der Waals surface area contributed by atoms with E-state index in [1.54, 1.807) is 0 Å². The number of hydrogen-bond donors (Lipinski definition) is 1. The number of nitrogens with one attached hydrogen (secondary N) is 1. The van der Waals surface area contributed by atoms with Gasteiger partial charge in [-0.25, -0.2) is 0 Å². The second-order valence-corrected chi connectivity index (χ2v) is 5.47. The average Bonchev–Trinajstić information content (AvgIpc) is 2.25. The number of rotatable bonds is 6. The van der Waals surface area contributed by atoms with E-state index in [0.717, 1.165) is 12.0 Å². The first kappa shape index (κ1) is 12.4. The van der Waals surface area contributed by atoms with Gasteiger partial charge in [0.15, 0.2) is 0 Å². The summed E-state index contributed by atoms with van der Waals surface area (Å²) in [6, 6.07) is 0.747. The van der Waals surface area contributed by atoms with Crippen LogP contribution in [0, 0.1) is 5.92 Å². The topological polar surface area (TPSA) is 12.0 Å². The van der Waals surface area contributed by atoms with Crippen LogP contribution in [0.25, 0.3) is 0 Å². The highest BCUT2D eigenvalue weighted by molar-refractivity contribution is 7.98. The maximum Gasteiger partial charge on any atom is 0.00670 e. The third-order valence-corrected chi connectivity index (χ3v) is 4.05. The molecule has 0 saturated heterocycles. The first-order valence-corrected chi connectivity index (χ1v) is 7.46. The van der Waals surface area contributed by atoms with Crippen LogP contribution in [0.1, 0.15) is 45.4 Å². The minimum absolute atomic E-state index is 0.747. The smallest absolute Gasteiger partial charge is 0.00670 e. The lowest BCUT2D eigenvalue weighted by molar-refractivity contribution is 0.282. The molecule has 1 nitrogen and oxygen atoms in total. The second-order valence-electron chi connectivity index (χ2n) is 4.49. The van der Waals surface area contributed by atoms with Crippen molar-refractivity contribution in [2.24, 2.45) is 5.92 Å². The van der Waals surface area contributed by atoms with Gasteiger partial charge >= 0.3 is 0 Å². The van der Waals surface area contributed by atoms with Crippen LogP contribution in [-0.2, 0) is 0 Å². The van der Waals surface area contributed by atoms with E-state index in [0.29, 0.717) is 0 Å². The van der Waals surface area contributed by atoms with Crippen molar-refractivity contribution >= 4 is 11.8 Å². The van der Waals surface area contributed by atoms with Crippen molar-refractivity contribution in [1.82, 2.24) is 5.32 Å². The lowest BCUT2D eigenvalue weighted by atomic mass is 9.84. The van der Waals surface area contributed by atoms with Gasteiger partial charge in [-0.2, -0.15) is 11.8 Å². The van der Waals surface area contributed by atoms with Gasteiger partial charge in [0.2, 0.25) is 0 Å². The Bertz CT molecular complexity index is 132. The van der Waals surface area contributed by atoms with Gasteiger partial charge in [0.25, 0.3) is 0 Å². The van der Waals surface area contributed by atoms with E-state index in [-0.39, 0.29) is 0 Å². The summed E-state index contributed by atoms with van der Waals surface area (Å²) in [7, 11) is 0. The molecule has 0 bridgehead atoms. The summed E-state index contributed by atoms with van der Waals surface area (Å²) in [5.74, 6) is 2.25. The highest BCUT2D eigenvalue weighted by Crippen LogP contribution is 2.26. The molecule has 1 N–H and O–H groups in total. The van der Waals surface area contributed by atoms with Gasteiger partial charge in [-0.05, 0) is 50.7 Å². The summed E-state index contributed by atoms with van der Waals surface area (Å²) < 4.78 is 0. The second kappa shape index (κ2) is 7.58. The van der Waals surface area contributed by atoms with Crippen LogP contribution in [0.15, 0.2) is 0 Å². The van der Waals surface area contributed by atoms with E-state index >= 15 is 0 Å². The Morgan fingerprint density at radius 1 is 1.29 bits per heavy atom. The first-order valence-electron chi connectivity index (χ1n) is 6.07. The van der Waals surface area contributed by atoms with Crippen molar-refractivity contribution in [3.63, 3.8) is 0 Å². The summed E-state index contributed by atoms with van der Waals surface area (Å²) in [6.07, 6.45) is 10.8. The fourth-order valence-corrected chi connectivity index (χ4v) is 2.78. The van der Waals surface area contributed by atoms with Crippen molar-refractivity contribution in [1.29, 1.82) is 0 Å². The number of hydrogen-bond acceptors (Lipinski definition) is 2. The number of thioether (sulfide) groups is 1. The lowest BCUT2D eigenvalue weighted by Gasteiger charge is -2.28. The summed E-state index contributed by atoms with van der Waals surface area (Å²) in [6.45, 7) is 3.58. The normalized spacial score (nSPS) is 21.0. The molecule has 0 aromatic rings. The zero-order valence-corrected chi connectivity index (χ0v) is 10.5. The van der Waals surface area contributed by atoms with E-state index < -0.39 is 0 Å². The molecular weight excluding hydrogens is 190 g/mol. The molecule has 0 spiro atoms. The molecule has 2 heteroatoms. The predicted octanol–water partition coefficient (Wildman–Crippen LogP) is 3.30. The third kappa shape index (κ3) is 4.70. The molecule has 0 amide bonds. The van der Waals surface area contributed by atoms with Crippen molar-refractivity contribution in [3.8, 4) is 0 Å². The van der Waals surface area contributed by atoms with Crippen LogP contribution < -0.4 is 5.32 Å². The lowest BCUT2D eigenvalue weighted by Crippen LogP contribution is -2.35. The zero-order valence-electron chi connectivity index (χ0n) is 9.72. The van der Waals surface area contributed by atoms with Crippen LogP contribution in [0.4, 0.5) is 0 Å². The fraction of sp³-hybridized carbons (Fsp3) is 1.00. The quantitative estimate of drug-likeness (QED) is 0.682. The molecule has 1 fully saturated rings. The average molecular weight is 215 g/mol. The van der Waals surface area contributed by atoms with Crippen LogP contribution in [0.2, 0.25) is 0 Å². The van der Waals surface area contributed by atoms with Gasteiger partial charge in [-0.1, -0.05) is 19.3 Å². The molecule has 0 aromatic heterocycles. The zero-order chi connectivity index (χ0) is 10.2. The monoisotopic (exact) mass is 215 g/mol. The molecule has 0 unspecified atom stereocenters. The molecule has 0 aliphatic heterocycles. The predicted molar refractivity (Wildman–Crippen MR) is 67.0 cm³/mol. The molecule has 84 valence electrons. The van der Waals surface area contributed by atoms with Crippen molar-refractivity contribution in [3.05, 3.63) is 0 Å². The van der Waals surface area contributed by atoms with Crippen molar-refractivity contribution in [2.45, 2.75) is 51.5 Å². The molecule has 1 saturated carbocycles. The van der Waals surface area contributed by atoms with Crippen LogP contribution in [-0.4, -0.2) is 24.6 Å². The Morgan fingerprint density at radius 3 is 2.64 bits per heavy atom. The Morgan fingerprint density at radius 2 is 2.00 bits per heavy atom. The minimum atomic E-state index is 0.747. The van der Waals surface area contributed by atoms with Gasteiger partial charge < -0.3 is 5.32 Å². The van der Waals surface area contributed by atoms with E-state index in [4.69, 9.17) is 0 Å². The van der Waals surface area contributed by atoms with Gasteiger partial charge in [-0.3, -0.25) is 0 Å². The summed E-state index contributed by atoms with van der Waals surface area (Å²) in [5, 5.41) is 3.67. The molecule has 1 atom stereocenters. The van der Waals surface area contributed by atoms with Crippen LogP contribution >= 0.6 is 11.8 Å². The SMILES string of the molecule is CSCCCN[C@@H](C)C1CCCCC1. The van der Waals surface area contributed by atoms with Gasteiger partial charge in [0.1, 0.15) is 0 Å². The first-order chi connectivity index (χ1) is 6.84. The fourth-order valence-electron chi connectivity index (χ4n) is 2.35. The van der Waals surface area contributed by atoms with Gasteiger partial charge in [0.05, 0.1) is 0 Å². The standard InChI is InChI=1S/C12H25NS/c1-11(13-9-6-10-14-2)12-7-4-3-5-8-12/h11-13H,3-10H2,1-2H3/t11-/m0/s1. The molecule has 1 aliphatic carbocycles. The van der Waals surface area contributed by atoms with Gasteiger partial charge in [0, 0.05) is 6.04 Å². The van der Waals surface area contributed by atoms with Crippen LogP contribution in [0.5, 0.6) is 0 Å². The largest absolute Gasteiger partial charge is 0.314 e. The Balaban J connectivity index is 2.04. The minimum Gasteiger partial charge on any atom is -0.314 e. The highest BCUT2D eigenvalue weighted by Gasteiger charge is 2.18. The summed E-state index contributed by atoms with van der Waals surface area (Å²) in [4.78, 5) is 0. The Kier molecular flexibility index (Phi) is 6.70. The molecule has 0 radical (unpaired) electrons. The molecule has 0 heterocycles. The highest BCUT2D eigenvalue weighted by atomic mass is 32.2. The maximum atomic E-state index is 3.67. The molecule has 0 aromatic carbocycles. The Hall–Kier alpha value is 0.310. The molecule has 14 heavy (non-hydrogen) atoms.